The molecule has 1 rings (SSSR count). The summed E-state index contributed by atoms with van der Waals surface area (Å²) in [5, 5.41) is 2.85. The molecule has 21 heavy (non-hydrogen) atoms. The Morgan fingerprint density at radius 3 is 2.71 bits per heavy atom. The monoisotopic (exact) mass is 316 g/mol. The van der Waals surface area contributed by atoms with Crippen molar-refractivity contribution in [3.63, 3.8) is 0 Å². The molecule has 5 nitrogen and oxygen atoms in total. The van der Waals surface area contributed by atoms with E-state index < -0.39 is 0 Å². The Bertz CT molecular complexity index is 439. The number of carbonyl (C=O) groups excluding carboxylic acids is 1. The number of aryl methyl sites for hydroxylation is 1. The van der Waals surface area contributed by atoms with E-state index >= 15 is 0 Å². The normalized spacial score (nSPS) is 11.4. The van der Waals surface area contributed by atoms with Gasteiger partial charge in [-0.3, -0.25) is 4.79 Å². The fraction of sp³-hybridized carbons (Fsp3) is 0.533. The van der Waals surface area contributed by atoms with Gasteiger partial charge in [0.25, 0.3) is 0 Å². The second-order valence-corrected chi connectivity index (χ2v) is 4.91. The maximum Gasteiger partial charge on any atom is 0.221 e. The third-order valence-corrected chi connectivity index (χ3v) is 2.75. The van der Waals surface area contributed by atoms with E-state index in [2.05, 4.69) is 5.32 Å². The van der Waals surface area contributed by atoms with Gasteiger partial charge in [-0.25, -0.2) is 0 Å². The van der Waals surface area contributed by atoms with Crippen molar-refractivity contribution >= 4 is 18.3 Å². The van der Waals surface area contributed by atoms with Gasteiger partial charge in [0.1, 0.15) is 12.4 Å². The van der Waals surface area contributed by atoms with Crippen LogP contribution in [0.1, 0.15) is 24.5 Å². The molecule has 6 heteroatoms. The molecule has 1 unspecified atom stereocenters. The SMILES string of the molecule is COCCOc1cc(C)ccc1CNC(=O)CC(C)N.Cl. The summed E-state index contributed by atoms with van der Waals surface area (Å²) in [4.78, 5) is 11.6. The molecule has 0 aliphatic carbocycles. The Hall–Kier alpha value is -1.30. The van der Waals surface area contributed by atoms with Gasteiger partial charge in [-0.1, -0.05) is 12.1 Å². The summed E-state index contributed by atoms with van der Waals surface area (Å²) >= 11 is 0. The highest BCUT2D eigenvalue weighted by Crippen LogP contribution is 2.20. The smallest absolute Gasteiger partial charge is 0.221 e. The number of methoxy groups -OCH3 is 1. The van der Waals surface area contributed by atoms with Crippen molar-refractivity contribution in [2.24, 2.45) is 5.73 Å². The van der Waals surface area contributed by atoms with Crippen LogP contribution in [0.15, 0.2) is 18.2 Å². The average Bonchev–Trinajstić information content (AvgIpc) is 2.37. The predicted octanol–water partition coefficient (Wildman–Crippen LogP) is 1.80. The molecule has 1 aromatic rings. The first kappa shape index (κ1) is 19.7. The van der Waals surface area contributed by atoms with Crippen LogP contribution in [0.5, 0.6) is 5.75 Å². The van der Waals surface area contributed by atoms with Gasteiger partial charge in [0.05, 0.1) is 6.61 Å². The van der Waals surface area contributed by atoms with E-state index in [1.807, 2.05) is 32.0 Å². The van der Waals surface area contributed by atoms with Crippen molar-refractivity contribution in [1.29, 1.82) is 0 Å². The number of halogens is 1. The summed E-state index contributed by atoms with van der Waals surface area (Å²) in [6.07, 6.45) is 0.325. The van der Waals surface area contributed by atoms with Gasteiger partial charge in [0.2, 0.25) is 5.91 Å². The molecule has 0 saturated carbocycles. The molecule has 0 aliphatic rings. The quantitative estimate of drug-likeness (QED) is 0.717. The summed E-state index contributed by atoms with van der Waals surface area (Å²) in [5.41, 5.74) is 7.66. The lowest BCUT2D eigenvalue weighted by atomic mass is 10.1. The van der Waals surface area contributed by atoms with Crippen molar-refractivity contribution in [3.05, 3.63) is 29.3 Å². The van der Waals surface area contributed by atoms with Crippen LogP contribution in [-0.2, 0) is 16.1 Å². The lowest BCUT2D eigenvalue weighted by molar-refractivity contribution is -0.121. The molecule has 3 N–H and O–H groups in total. The number of ether oxygens (including phenoxy) is 2. The van der Waals surface area contributed by atoms with Crippen molar-refractivity contribution in [3.8, 4) is 5.75 Å². The number of amides is 1. The molecule has 0 spiro atoms. The number of hydrogen-bond acceptors (Lipinski definition) is 4. The minimum Gasteiger partial charge on any atom is -0.491 e. The summed E-state index contributed by atoms with van der Waals surface area (Å²) in [5.74, 6) is 0.728. The molecule has 1 atom stereocenters. The highest BCUT2D eigenvalue weighted by atomic mass is 35.5. The maximum absolute atomic E-state index is 11.6. The zero-order valence-electron chi connectivity index (χ0n) is 12.8. The Kier molecular flexibility index (Phi) is 9.78. The number of carbonyl (C=O) groups is 1. The molecule has 0 bridgehead atoms. The van der Waals surface area contributed by atoms with Gasteiger partial charge in [-0.2, -0.15) is 0 Å². The van der Waals surface area contributed by atoms with Gasteiger partial charge in [0.15, 0.2) is 0 Å². The first-order valence-corrected chi connectivity index (χ1v) is 6.76. The molecule has 1 aromatic carbocycles. The van der Waals surface area contributed by atoms with E-state index in [1.54, 1.807) is 7.11 Å². The van der Waals surface area contributed by atoms with E-state index in [-0.39, 0.29) is 24.4 Å². The predicted molar refractivity (Wildman–Crippen MR) is 85.9 cm³/mol. The Morgan fingerprint density at radius 1 is 1.38 bits per heavy atom. The molecule has 0 aromatic heterocycles. The summed E-state index contributed by atoms with van der Waals surface area (Å²) in [6.45, 7) is 5.27. The standard InChI is InChI=1S/C15H24N2O3.ClH/c1-11-4-5-13(10-17-15(18)9-12(2)16)14(8-11)20-7-6-19-3;/h4-5,8,12H,6-7,9-10,16H2,1-3H3,(H,17,18);1H. The van der Waals surface area contributed by atoms with Gasteiger partial charge in [-0.15, -0.1) is 12.4 Å². The molecular weight excluding hydrogens is 292 g/mol. The molecule has 0 heterocycles. The number of nitrogens with two attached hydrogens (primary N) is 1. The molecule has 0 radical (unpaired) electrons. The third-order valence-electron chi connectivity index (χ3n) is 2.75. The van der Waals surface area contributed by atoms with Gasteiger partial charge >= 0.3 is 0 Å². The topological polar surface area (TPSA) is 73.6 Å². The molecule has 0 aliphatic heterocycles. The van der Waals surface area contributed by atoms with Crippen LogP contribution in [0.4, 0.5) is 0 Å². The highest BCUT2D eigenvalue weighted by molar-refractivity contribution is 5.85. The number of rotatable bonds is 8. The van der Waals surface area contributed by atoms with E-state index in [4.69, 9.17) is 15.2 Å². The van der Waals surface area contributed by atoms with Crippen molar-refractivity contribution in [2.75, 3.05) is 20.3 Å². The van der Waals surface area contributed by atoms with Crippen LogP contribution in [0, 0.1) is 6.92 Å². The summed E-state index contributed by atoms with van der Waals surface area (Å²) in [7, 11) is 1.63. The minimum atomic E-state index is -0.134. The van der Waals surface area contributed by atoms with E-state index in [0.717, 1.165) is 16.9 Å². The fourth-order valence-electron chi connectivity index (χ4n) is 1.74. The molecule has 0 saturated heterocycles. The maximum atomic E-state index is 11.6. The Morgan fingerprint density at radius 2 is 2.10 bits per heavy atom. The van der Waals surface area contributed by atoms with Crippen LogP contribution < -0.4 is 15.8 Å². The second-order valence-electron chi connectivity index (χ2n) is 4.91. The van der Waals surface area contributed by atoms with Crippen molar-refractivity contribution in [2.45, 2.75) is 32.9 Å². The highest BCUT2D eigenvalue weighted by Gasteiger charge is 2.08. The molecule has 0 fully saturated rings. The third kappa shape index (κ3) is 7.90. The number of hydrogen-bond donors (Lipinski definition) is 2. The summed E-state index contributed by atoms with van der Waals surface area (Å²) < 4.78 is 10.6. The van der Waals surface area contributed by atoms with Crippen LogP contribution in [0.3, 0.4) is 0 Å². The molecule has 120 valence electrons. The zero-order valence-corrected chi connectivity index (χ0v) is 13.7. The minimum absolute atomic E-state index is 0. The van der Waals surface area contributed by atoms with Gasteiger partial charge in [-0.05, 0) is 25.5 Å². The van der Waals surface area contributed by atoms with Crippen LogP contribution in [0.2, 0.25) is 0 Å². The average molecular weight is 317 g/mol. The van der Waals surface area contributed by atoms with Gasteiger partial charge in [0, 0.05) is 31.7 Å². The van der Waals surface area contributed by atoms with Crippen molar-refractivity contribution < 1.29 is 14.3 Å². The zero-order chi connectivity index (χ0) is 15.0. The molecule has 1 amide bonds. The van der Waals surface area contributed by atoms with Crippen LogP contribution in [-0.4, -0.2) is 32.3 Å². The van der Waals surface area contributed by atoms with Gasteiger partial charge < -0.3 is 20.5 Å². The van der Waals surface area contributed by atoms with E-state index in [9.17, 15) is 4.79 Å². The second kappa shape index (κ2) is 10.4. The van der Waals surface area contributed by atoms with Crippen molar-refractivity contribution in [1.82, 2.24) is 5.32 Å². The molecular formula is C15H25ClN2O3. The Balaban J connectivity index is 0.00000400. The lowest BCUT2D eigenvalue weighted by Gasteiger charge is -2.13. The number of benzene rings is 1. The lowest BCUT2D eigenvalue weighted by Crippen LogP contribution is -2.29. The Labute approximate surface area is 132 Å². The van der Waals surface area contributed by atoms with Crippen LogP contribution >= 0.6 is 12.4 Å². The van der Waals surface area contributed by atoms with E-state index in [1.165, 1.54) is 0 Å². The fourth-order valence-corrected chi connectivity index (χ4v) is 1.74. The number of nitrogens with one attached hydrogen (secondary N) is 1. The first-order chi connectivity index (χ1) is 9.52. The van der Waals surface area contributed by atoms with E-state index in [0.29, 0.717) is 26.2 Å². The summed E-state index contributed by atoms with van der Waals surface area (Å²) in [6, 6.07) is 5.79. The largest absolute Gasteiger partial charge is 0.491 e. The van der Waals surface area contributed by atoms with Crippen LogP contribution in [0.25, 0.3) is 0 Å². The first-order valence-electron chi connectivity index (χ1n) is 6.76.